The van der Waals surface area contributed by atoms with Gasteiger partial charge in [-0.05, 0) is 26.3 Å². The molecule has 0 saturated carbocycles. The molecule has 1 unspecified atom stereocenters. The fourth-order valence-electron chi connectivity index (χ4n) is 1.97. The van der Waals surface area contributed by atoms with E-state index in [1.165, 1.54) is 0 Å². The highest BCUT2D eigenvalue weighted by atomic mass is 16.5. The maximum absolute atomic E-state index is 5.38. The Bertz CT molecular complexity index is 388. The predicted octanol–water partition coefficient (Wildman–Crippen LogP) is 1.96. The van der Waals surface area contributed by atoms with Crippen LogP contribution >= 0.6 is 0 Å². The molecular formula is C14H25N3O3. The van der Waals surface area contributed by atoms with Gasteiger partial charge in [0.2, 0.25) is 11.8 Å². The second-order valence-corrected chi connectivity index (χ2v) is 4.26. The zero-order valence-electron chi connectivity index (χ0n) is 12.8. The van der Waals surface area contributed by atoms with E-state index in [1.807, 2.05) is 6.92 Å². The molecule has 1 aromatic heterocycles. The summed E-state index contributed by atoms with van der Waals surface area (Å²) >= 11 is 0. The maximum atomic E-state index is 5.38. The van der Waals surface area contributed by atoms with Crippen LogP contribution in [0.4, 0.5) is 0 Å². The molecule has 114 valence electrons. The van der Waals surface area contributed by atoms with Crippen LogP contribution in [0.1, 0.15) is 38.4 Å². The van der Waals surface area contributed by atoms with Gasteiger partial charge >= 0.3 is 0 Å². The minimum Gasteiger partial charge on any atom is -0.480 e. The van der Waals surface area contributed by atoms with Crippen molar-refractivity contribution < 1.29 is 14.2 Å². The standard InChI is InChI=1S/C14H25N3O3/c1-5-15-11(8-7-9-20-6-2)13-14(19-4)17-12(18-3)10-16-13/h10-11,15H,5-9H2,1-4H3. The molecule has 0 bridgehead atoms. The van der Waals surface area contributed by atoms with E-state index in [1.54, 1.807) is 20.4 Å². The highest BCUT2D eigenvalue weighted by Gasteiger charge is 2.18. The third-order valence-electron chi connectivity index (χ3n) is 2.91. The molecule has 1 N–H and O–H groups in total. The Morgan fingerprint density at radius 1 is 1.25 bits per heavy atom. The van der Waals surface area contributed by atoms with E-state index in [2.05, 4.69) is 22.2 Å². The summed E-state index contributed by atoms with van der Waals surface area (Å²) in [7, 11) is 3.16. The Kier molecular flexibility index (Phi) is 7.91. The molecule has 0 spiro atoms. The summed E-state index contributed by atoms with van der Waals surface area (Å²) in [5.74, 6) is 0.960. The van der Waals surface area contributed by atoms with Gasteiger partial charge in [-0.15, -0.1) is 0 Å². The van der Waals surface area contributed by atoms with E-state index in [0.717, 1.165) is 38.3 Å². The Morgan fingerprint density at radius 3 is 2.65 bits per heavy atom. The zero-order valence-corrected chi connectivity index (χ0v) is 12.8. The van der Waals surface area contributed by atoms with Crippen molar-refractivity contribution >= 4 is 0 Å². The third kappa shape index (κ3) is 4.94. The summed E-state index contributed by atoms with van der Waals surface area (Å²) in [6.45, 7) is 6.43. The Morgan fingerprint density at radius 2 is 2.05 bits per heavy atom. The van der Waals surface area contributed by atoms with Crippen LogP contribution in [0.2, 0.25) is 0 Å². The smallest absolute Gasteiger partial charge is 0.240 e. The Hall–Kier alpha value is -1.40. The van der Waals surface area contributed by atoms with Crippen LogP contribution in [0.3, 0.4) is 0 Å². The second kappa shape index (κ2) is 9.50. The molecule has 0 aliphatic heterocycles. The van der Waals surface area contributed by atoms with E-state index in [4.69, 9.17) is 14.2 Å². The van der Waals surface area contributed by atoms with Crippen LogP contribution in [-0.4, -0.2) is 43.9 Å². The molecule has 0 aliphatic rings. The van der Waals surface area contributed by atoms with E-state index >= 15 is 0 Å². The normalized spacial score (nSPS) is 12.2. The minimum absolute atomic E-state index is 0.105. The molecule has 1 rings (SSSR count). The second-order valence-electron chi connectivity index (χ2n) is 4.26. The molecule has 0 saturated heterocycles. The summed E-state index contributed by atoms with van der Waals surface area (Å²) in [6.07, 6.45) is 3.50. The summed E-state index contributed by atoms with van der Waals surface area (Å²) < 4.78 is 15.8. The molecule has 1 aromatic rings. The van der Waals surface area contributed by atoms with Crippen LogP contribution in [0.5, 0.6) is 11.8 Å². The van der Waals surface area contributed by atoms with Gasteiger partial charge in [0.25, 0.3) is 0 Å². The van der Waals surface area contributed by atoms with E-state index < -0.39 is 0 Å². The first kappa shape index (κ1) is 16.7. The average molecular weight is 283 g/mol. The Balaban J connectivity index is 2.78. The quantitative estimate of drug-likeness (QED) is 0.662. The number of nitrogens with zero attached hydrogens (tertiary/aromatic N) is 2. The van der Waals surface area contributed by atoms with Crippen molar-refractivity contribution in [1.82, 2.24) is 15.3 Å². The van der Waals surface area contributed by atoms with Gasteiger partial charge in [-0.2, -0.15) is 4.98 Å². The van der Waals surface area contributed by atoms with Crippen LogP contribution in [-0.2, 0) is 4.74 Å². The molecule has 0 radical (unpaired) electrons. The summed E-state index contributed by atoms with van der Waals surface area (Å²) in [6, 6.07) is 0.105. The molecule has 6 nitrogen and oxygen atoms in total. The van der Waals surface area contributed by atoms with E-state index in [9.17, 15) is 0 Å². The lowest BCUT2D eigenvalue weighted by molar-refractivity contribution is 0.140. The van der Waals surface area contributed by atoms with Gasteiger partial charge in [-0.1, -0.05) is 6.92 Å². The van der Waals surface area contributed by atoms with Gasteiger partial charge in [0.15, 0.2) is 0 Å². The SMILES string of the molecule is CCNC(CCCOCC)c1ncc(OC)nc1OC. The summed E-state index contributed by atoms with van der Waals surface area (Å²) in [5, 5.41) is 3.41. The number of rotatable bonds is 10. The van der Waals surface area contributed by atoms with Crippen molar-refractivity contribution in [3.63, 3.8) is 0 Å². The fraction of sp³-hybridized carbons (Fsp3) is 0.714. The molecule has 1 heterocycles. The molecule has 1 atom stereocenters. The largest absolute Gasteiger partial charge is 0.480 e. The molecule has 0 fully saturated rings. The van der Waals surface area contributed by atoms with Crippen LogP contribution in [0.25, 0.3) is 0 Å². The van der Waals surface area contributed by atoms with Gasteiger partial charge in [0.05, 0.1) is 26.5 Å². The lowest BCUT2D eigenvalue weighted by Gasteiger charge is -2.19. The Labute approximate surface area is 120 Å². The molecule has 0 aromatic carbocycles. The predicted molar refractivity (Wildman–Crippen MR) is 77.3 cm³/mol. The number of nitrogens with one attached hydrogen (secondary N) is 1. The highest BCUT2D eigenvalue weighted by molar-refractivity contribution is 5.25. The van der Waals surface area contributed by atoms with Crippen molar-refractivity contribution in [1.29, 1.82) is 0 Å². The highest BCUT2D eigenvalue weighted by Crippen LogP contribution is 2.26. The lowest BCUT2D eigenvalue weighted by atomic mass is 10.1. The van der Waals surface area contributed by atoms with Gasteiger partial charge in [-0.3, -0.25) is 0 Å². The first-order chi connectivity index (χ1) is 9.76. The molecule has 0 amide bonds. The fourth-order valence-corrected chi connectivity index (χ4v) is 1.97. The van der Waals surface area contributed by atoms with Crippen molar-refractivity contribution in [3.05, 3.63) is 11.9 Å². The van der Waals surface area contributed by atoms with Crippen LogP contribution < -0.4 is 14.8 Å². The molecule has 0 aliphatic carbocycles. The van der Waals surface area contributed by atoms with Gasteiger partial charge < -0.3 is 19.5 Å². The van der Waals surface area contributed by atoms with Crippen molar-refractivity contribution in [2.24, 2.45) is 0 Å². The van der Waals surface area contributed by atoms with E-state index in [0.29, 0.717) is 11.8 Å². The molecule has 6 heteroatoms. The monoisotopic (exact) mass is 283 g/mol. The van der Waals surface area contributed by atoms with Crippen molar-refractivity contribution in [3.8, 4) is 11.8 Å². The zero-order chi connectivity index (χ0) is 14.8. The van der Waals surface area contributed by atoms with E-state index in [-0.39, 0.29) is 6.04 Å². The number of aromatic nitrogens is 2. The van der Waals surface area contributed by atoms with Gasteiger partial charge in [0, 0.05) is 13.2 Å². The maximum Gasteiger partial charge on any atom is 0.240 e. The summed E-state index contributed by atoms with van der Waals surface area (Å²) in [5.41, 5.74) is 0.812. The number of ether oxygens (including phenoxy) is 3. The average Bonchev–Trinajstić information content (AvgIpc) is 2.49. The minimum atomic E-state index is 0.105. The molecular weight excluding hydrogens is 258 g/mol. The first-order valence-corrected chi connectivity index (χ1v) is 7.02. The number of methoxy groups -OCH3 is 2. The van der Waals surface area contributed by atoms with Crippen LogP contribution in [0, 0.1) is 0 Å². The van der Waals surface area contributed by atoms with Gasteiger partial charge in [-0.25, -0.2) is 4.98 Å². The van der Waals surface area contributed by atoms with Crippen LogP contribution in [0.15, 0.2) is 6.20 Å². The number of hydrogen-bond acceptors (Lipinski definition) is 6. The topological polar surface area (TPSA) is 65.5 Å². The number of hydrogen-bond donors (Lipinski definition) is 1. The lowest BCUT2D eigenvalue weighted by Crippen LogP contribution is -2.23. The van der Waals surface area contributed by atoms with Crippen molar-refractivity contribution in [2.45, 2.75) is 32.7 Å². The van der Waals surface area contributed by atoms with Crippen molar-refractivity contribution in [2.75, 3.05) is 34.0 Å². The van der Waals surface area contributed by atoms with Gasteiger partial charge in [0.1, 0.15) is 5.69 Å². The summed E-state index contributed by atoms with van der Waals surface area (Å²) in [4.78, 5) is 8.70. The first-order valence-electron chi connectivity index (χ1n) is 7.02. The molecule has 20 heavy (non-hydrogen) atoms. The third-order valence-corrected chi connectivity index (χ3v) is 2.91.